The molecule has 1 aliphatic heterocycles. The molecule has 0 atom stereocenters. The molecule has 0 saturated carbocycles. The first-order valence-corrected chi connectivity index (χ1v) is 3.24. The number of halogens is 3. The van der Waals surface area contributed by atoms with E-state index in [-0.39, 0.29) is 16.5 Å². The van der Waals surface area contributed by atoms with Crippen LogP contribution in [-0.4, -0.2) is 27.1 Å². The molecule has 2 heterocycles. The molecule has 2 rings (SSSR count). The zero-order chi connectivity index (χ0) is 9.47. The number of alkyl halides is 3. The summed E-state index contributed by atoms with van der Waals surface area (Å²) in [4.78, 5) is 6.95. The van der Waals surface area contributed by atoms with Crippen LogP contribution in [0.1, 0.15) is 5.69 Å². The zero-order valence-electron chi connectivity index (χ0n) is 6.08. The quantitative estimate of drug-likeness (QED) is 0.610. The number of aromatic nitrogens is 2. The van der Waals surface area contributed by atoms with Crippen molar-refractivity contribution >= 4 is 5.84 Å². The second-order valence-corrected chi connectivity index (χ2v) is 2.25. The van der Waals surface area contributed by atoms with Crippen molar-refractivity contribution in [1.82, 2.24) is 15.0 Å². The molecule has 0 unspecified atom stereocenters. The van der Waals surface area contributed by atoms with E-state index in [2.05, 4.69) is 21.4 Å². The van der Waals surface area contributed by atoms with Gasteiger partial charge in [-0.3, -0.25) is 0 Å². The van der Waals surface area contributed by atoms with E-state index in [0.29, 0.717) is 0 Å². The summed E-state index contributed by atoms with van der Waals surface area (Å²) in [5.74, 6) is -0.203. The third kappa shape index (κ3) is 1.44. The Kier molecular flexibility index (Phi) is 1.48. The Morgan fingerprint density at radius 3 is 2.62 bits per heavy atom. The highest BCUT2D eigenvalue weighted by molar-refractivity contribution is 6.04. The fourth-order valence-electron chi connectivity index (χ4n) is 0.795. The first kappa shape index (κ1) is 7.96. The third-order valence-electron chi connectivity index (χ3n) is 1.36. The number of rotatable bonds is 1. The van der Waals surface area contributed by atoms with Gasteiger partial charge in [0, 0.05) is 6.20 Å². The minimum absolute atomic E-state index is 0.0524. The topological polar surface area (TPSA) is 41.1 Å². The number of amidine groups is 1. The first-order valence-electron chi connectivity index (χ1n) is 3.24. The van der Waals surface area contributed by atoms with E-state index in [9.17, 15) is 13.2 Å². The molecule has 0 saturated heterocycles. The minimum Gasteiger partial charge on any atom is -0.234 e. The Morgan fingerprint density at radius 1 is 1.38 bits per heavy atom. The number of nitrogens with zero attached hydrogens (tertiary/aromatic N) is 4. The van der Waals surface area contributed by atoms with Gasteiger partial charge in [0.05, 0.1) is 0 Å². The number of hydrogen-bond acceptors (Lipinski definition) is 4. The molecule has 0 amide bonds. The molecule has 7 heteroatoms. The van der Waals surface area contributed by atoms with E-state index in [0.717, 1.165) is 0 Å². The smallest absolute Gasteiger partial charge is 0.234 e. The van der Waals surface area contributed by atoms with E-state index in [4.69, 9.17) is 0 Å². The highest BCUT2D eigenvalue weighted by Gasteiger charge is 2.49. The van der Waals surface area contributed by atoms with E-state index >= 15 is 0 Å². The summed E-state index contributed by atoms with van der Waals surface area (Å²) in [6, 6.07) is 1.33. The monoisotopic (exact) mass is 187 g/mol. The third-order valence-corrected chi connectivity index (χ3v) is 1.36. The largest absolute Gasteiger partial charge is 0.506 e. The first-order chi connectivity index (χ1) is 6.09. The summed E-state index contributed by atoms with van der Waals surface area (Å²) >= 11 is 0. The predicted molar refractivity (Wildman–Crippen MR) is 35.3 cm³/mol. The van der Waals surface area contributed by atoms with Crippen LogP contribution in [0.3, 0.4) is 0 Å². The van der Waals surface area contributed by atoms with Crippen molar-refractivity contribution in [3.05, 3.63) is 24.3 Å². The van der Waals surface area contributed by atoms with Crippen molar-refractivity contribution in [3.8, 4) is 0 Å². The van der Waals surface area contributed by atoms with Crippen molar-refractivity contribution in [3.63, 3.8) is 0 Å². The van der Waals surface area contributed by atoms with Gasteiger partial charge in [0.15, 0.2) is 6.33 Å². The van der Waals surface area contributed by atoms with Crippen molar-refractivity contribution < 1.29 is 13.2 Å². The van der Waals surface area contributed by atoms with Crippen LogP contribution in [0.5, 0.6) is 0 Å². The molecule has 0 N–H and O–H groups in total. The van der Waals surface area contributed by atoms with Gasteiger partial charge in [0.25, 0.3) is 0 Å². The van der Waals surface area contributed by atoms with E-state index in [1.807, 2.05) is 0 Å². The molecule has 67 valence electrons. The van der Waals surface area contributed by atoms with Crippen molar-refractivity contribution in [1.29, 1.82) is 0 Å². The number of hydrazone groups is 1. The van der Waals surface area contributed by atoms with Crippen molar-refractivity contribution in [2.75, 3.05) is 0 Å². The minimum atomic E-state index is -4.46. The maximum Gasteiger partial charge on any atom is 0.506 e. The van der Waals surface area contributed by atoms with E-state index in [1.54, 1.807) is 0 Å². The van der Waals surface area contributed by atoms with Crippen LogP contribution in [0.15, 0.2) is 17.4 Å². The Morgan fingerprint density at radius 2 is 2.15 bits per heavy atom. The second-order valence-electron chi connectivity index (χ2n) is 2.25. The van der Waals surface area contributed by atoms with Crippen LogP contribution in [0.4, 0.5) is 13.2 Å². The Bertz CT molecular complexity index is 345. The Hall–Kier alpha value is -1.66. The van der Waals surface area contributed by atoms with Crippen LogP contribution in [0.2, 0.25) is 0 Å². The van der Waals surface area contributed by atoms with Gasteiger partial charge in [-0.1, -0.05) is 0 Å². The lowest BCUT2D eigenvalue weighted by Gasteiger charge is -2.04. The van der Waals surface area contributed by atoms with Gasteiger partial charge < -0.3 is 0 Å². The zero-order valence-corrected chi connectivity index (χ0v) is 6.08. The van der Waals surface area contributed by atoms with E-state index in [1.165, 1.54) is 12.3 Å². The molecular weight excluding hydrogens is 185 g/mol. The van der Waals surface area contributed by atoms with Crippen LogP contribution < -0.4 is 0 Å². The normalized spacial score (nSPS) is 15.6. The molecule has 0 spiro atoms. The molecule has 0 fully saturated rings. The number of hydrogen-bond donors (Lipinski definition) is 0. The summed E-state index contributed by atoms with van der Waals surface area (Å²) in [5.41, 5.74) is 0.118. The molecule has 4 nitrogen and oxygen atoms in total. The van der Waals surface area contributed by atoms with Crippen molar-refractivity contribution in [2.45, 2.75) is 6.30 Å². The SMILES string of the molecule is FC(F)(F)N1N=C1c1ccn[c]n1. The van der Waals surface area contributed by atoms with E-state index < -0.39 is 6.30 Å². The van der Waals surface area contributed by atoms with Gasteiger partial charge in [-0.15, -0.1) is 23.3 Å². The molecule has 1 aliphatic rings. The molecule has 1 radical (unpaired) electrons. The maximum absolute atomic E-state index is 11.9. The van der Waals surface area contributed by atoms with Gasteiger partial charge >= 0.3 is 6.30 Å². The average Bonchev–Trinajstić information content (AvgIpc) is 2.83. The van der Waals surface area contributed by atoms with Crippen LogP contribution in [-0.2, 0) is 0 Å². The molecule has 0 bridgehead atoms. The fraction of sp³-hybridized carbons (Fsp3) is 0.167. The summed E-state index contributed by atoms with van der Waals surface area (Å²) in [6.45, 7) is 0. The van der Waals surface area contributed by atoms with Gasteiger partial charge in [-0.2, -0.15) is 0 Å². The molecule has 13 heavy (non-hydrogen) atoms. The Labute approximate surface area is 70.7 Å². The van der Waals surface area contributed by atoms with Crippen LogP contribution in [0.25, 0.3) is 0 Å². The molecule has 0 aliphatic carbocycles. The molecule has 0 aromatic carbocycles. The van der Waals surface area contributed by atoms with Gasteiger partial charge in [0.1, 0.15) is 5.69 Å². The lowest BCUT2D eigenvalue weighted by Crippen LogP contribution is -2.25. The molecule has 1 aromatic rings. The standard InChI is InChI=1S/C6H2F3N4/c7-6(8,9)13-5(12-13)4-1-2-10-3-11-4/h1-2H. The maximum atomic E-state index is 11.9. The Balaban J connectivity index is 2.13. The summed E-state index contributed by atoms with van der Waals surface area (Å²) in [7, 11) is 0. The summed E-state index contributed by atoms with van der Waals surface area (Å²) in [5, 5.41) is 3.06. The highest BCUT2D eigenvalue weighted by Crippen LogP contribution is 2.31. The lowest BCUT2D eigenvalue weighted by molar-refractivity contribution is -0.201. The van der Waals surface area contributed by atoms with Crippen molar-refractivity contribution in [2.24, 2.45) is 5.10 Å². The summed E-state index contributed by atoms with van der Waals surface area (Å²) < 4.78 is 35.8. The molecule has 1 aromatic heterocycles. The van der Waals surface area contributed by atoms with Gasteiger partial charge in [0.2, 0.25) is 5.84 Å². The molecular formula is C6H2F3N4. The van der Waals surface area contributed by atoms with Crippen LogP contribution in [0, 0.1) is 6.33 Å². The lowest BCUT2D eigenvalue weighted by atomic mass is 10.4. The van der Waals surface area contributed by atoms with Crippen LogP contribution >= 0.6 is 0 Å². The van der Waals surface area contributed by atoms with Gasteiger partial charge in [-0.25, -0.2) is 9.97 Å². The average molecular weight is 187 g/mol. The fourth-order valence-corrected chi connectivity index (χ4v) is 0.795. The predicted octanol–water partition coefficient (Wildman–Crippen LogP) is 0.774. The second kappa shape index (κ2) is 2.41. The highest BCUT2D eigenvalue weighted by atomic mass is 19.4. The summed E-state index contributed by atoms with van der Waals surface area (Å²) in [6.07, 6.45) is -0.975. The van der Waals surface area contributed by atoms with Gasteiger partial charge in [-0.05, 0) is 6.07 Å².